The van der Waals surface area contributed by atoms with Crippen LogP contribution in [0.3, 0.4) is 0 Å². The molecule has 14 nitrogen and oxygen atoms in total. The Balaban J connectivity index is 1.56. The molecule has 0 aromatic heterocycles. The molecule has 2 aliphatic heterocycles. The third-order valence-electron chi connectivity index (χ3n) is 16.5. The summed E-state index contributed by atoms with van der Waals surface area (Å²) in [4.78, 5) is 13.2. The van der Waals surface area contributed by atoms with Gasteiger partial charge in [0.15, 0.2) is 12.6 Å². The number of aliphatic hydroxyl groups is 8. The lowest BCUT2D eigenvalue weighted by molar-refractivity contribution is -0.359. The second-order valence-electron chi connectivity index (χ2n) is 23.6. The lowest BCUT2D eigenvalue weighted by Gasteiger charge is -2.46. The van der Waals surface area contributed by atoms with Gasteiger partial charge in [-0.15, -0.1) is 0 Å². The van der Waals surface area contributed by atoms with Gasteiger partial charge in [0.1, 0.15) is 48.8 Å². The van der Waals surface area contributed by atoms with Crippen LogP contribution in [0.25, 0.3) is 0 Å². The average Bonchev–Trinajstić information content (AvgIpc) is 3.45. The fourth-order valence-electron chi connectivity index (χ4n) is 11.2. The van der Waals surface area contributed by atoms with Crippen molar-refractivity contribution >= 4 is 5.91 Å². The van der Waals surface area contributed by atoms with Gasteiger partial charge in [-0.05, 0) is 19.3 Å². The quantitative estimate of drug-likeness (QED) is 0.0204. The molecule has 14 heteroatoms. The second-order valence-corrected chi connectivity index (χ2v) is 23.6. The molecule has 0 bridgehead atoms. The van der Waals surface area contributed by atoms with Crippen molar-refractivity contribution in [3.05, 3.63) is 12.2 Å². The van der Waals surface area contributed by atoms with Gasteiger partial charge in [0, 0.05) is 6.42 Å². The molecule has 12 atom stereocenters. The average molecular weight is 1110 g/mol. The number of carbonyl (C=O) groups excluding carboxylic acids is 1. The Hall–Kier alpha value is -1.27. The molecule has 2 saturated heterocycles. The maximum absolute atomic E-state index is 13.2. The van der Waals surface area contributed by atoms with Gasteiger partial charge in [0.25, 0.3) is 0 Å². The molecule has 1 amide bonds. The molecule has 0 radical (unpaired) electrons. The third-order valence-corrected chi connectivity index (χ3v) is 16.5. The van der Waals surface area contributed by atoms with E-state index in [1.165, 1.54) is 231 Å². The molecule has 0 saturated carbocycles. The Morgan fingerprint density at radius 2 is 0.795 bits per heavy atom. The van der Waals surface area contributed by atoms with Gasteiger partial charge in [-0.2, -0.15) is 0 Å². The van der Waals surface area contributed by atoms with Gasteiger partial charge < -0.3 is 65.1 Å². The van der Waals surface area contributed by atoms with Gasteiger partial charge in [-0.3, -0.25) is 4.79 Å². The summed E-state index contributed by atoms with van der Waals surface area (Å²) in [5.41, 5.74) is 0. The molecule has 0 aromatic carbocycles. The van der Waals surface area contributed by atoms with Crippen LogP contribution in [0.1, 0.15) is 296 Å². The van der Waals surface area contributed by atoms with Crippen LogP contribution in [0.15, 0.2) is 12.2 Å². The van der Waals surface area contributed by atoms with Crippen LogP contribution < -0.4 is 5.32 Å². The lowest BCUT2D eigenvalue weighted by Crippen LogP contribution is -2.65. The highest BCUT2D eigenvalue weighted by Crippen LogP contribution is 2.30. The summed E-state index contributed by atoms with van der Waals surface area (Å²) in [5.74, 6) is -0.235. The van der Waals surface area contributed by atoms with Crippen LogP contribution in [0, 0.1) is 0 Å². The summed E-state index contributed by atoms with van der Waals surface area (Å²) in [5, 5.41) is 86.9. The Bertz CT molecular complexity index is 1360. The fourth-order valence-corrected chi connectivity index (χ4v) is 11.2. The molecule has 0 aromatic rings. The predicted molar refractivity (Wildman–Crippen MR) is 314 cm³/mol. The van der Waals surface area contributed by atoms with Crippen LogP contribution in [-0.2, 0) is 23.7 Å². The minimum atomic E-state index is -1.78. The second kappa shape index (κ2) is 50.3. The van der Waals surface area contributed by atoms with Gasteiger partial charge in [0.05, 0.1) is 32.0 Å². The van der Waals surface area contributed by atoms with Crippen molar-refractivity contribution in [3.8, 4) is 0 Å². The van der Waals surface area contributed by atoms with E-state index in [1.807, 2.05) is 6.08 Å². The Labute approximate surface area is 476 Å². The molecule has 9 N–H and O–H groups in total. The number of ether oxygens (including phenoxy) is 4. The van der Waals surface area contributed by atoms with Crippen LogP contribution >= 0.6 is 0 Å². The molecule has 2 rings (SSSR count). The number of hydrogen-bond acceptors (Lipinski definition) is 13. The van der Waals surface area contributed by atoms with E-state index in [2.05, 4.69) is 19.2 Å². The van der Waals surface area contributed by atoms with Gasteiger partial charge >= 0.3 is 0 Å². The summed E-state index contributed by atoms with van der Waals surface area (Å²) >= 11 is 0. The Morgan fingerprint density at radius 3 is 1.18 bits per heavy atom. The maximum atomic E-state index is 13.2. The van der Waals surface area contributed by atoms with Crippen molar-refractivity contribution in [1.82, 2.24) is 5.32 Å². The van der Waals surface area contributed by atoms with E-state index < -0.39 is 86.8 Å². The molecule has 4 unspecified atom stereocenters. The highest BCUT2D eigenvalue weighted by molar-refractivity contribution is 5.76. The number of aliphatic hydroxyl groups excluding tert-OH is 8. The first-order valence-corrected chi connectivity index (χ1v) is 32.9. The number of nitrogens with one attached hydrogen (secondary N) is 1. The molecule has 2 aliphatic rings. The van der Waals surface area contributed by atoms with E-state index in [0.717, 1.165) is 38.5 Å². The molecule has 0 aliphatic carbocycles. The standard InChI is InChI=1S/C64H123NO13/c1-3-5-7-9-11-13-15-16-17-18-19-20-21-22-23-24-25-26-27-28-29-30-31-32-33-34-35-36-37-38-40-42-44-46-48-56(69)65-52(53(68)47-45-43-41-39-14-12-10-8-6-4-2)51-75-63-61(74)59(72)62(55(50-67)77-63)78-64-60(73)58(71)57(70)54(49-66)76-64/h45,47,52-55,57-64,66-68,70-74H,3-44,46,48-51H2,1-2H3,(H,65,69)/b47-45+/t52-,53+,54+,55+,57-,58?,59?,60?,61?,62+,63+,64-/m0/s1. The van der Waals surface area contributed by atoms with Crippen molar-refractivity contribution in [2.75, 3.05) is 19.8 Å². The van der Waals surface area contributed by atoms with Gasteiger partial charge in [-0.1, -0.05) is 283 Å². The zero-order chi connectivity index (χ0) is 56.7. The smallest absolute Gasteiger partial charge is 0.220 e. The number of carbonyl (C=O) groups is 1. The molecule has 78 heavy (non-hydrogen) atoms. The van der Waals surface area contributed by atoms with Crippen molar-refractivity contribution < 1.29 is 64.6 Å². The summed E-state index contributed by atoms with van der Waals surface area (Å²) in [6, 6.07) is -0.908. The highest BCUT2D eigenvalue weighted by atomic mass is 16.7. The normalized spacial score (nSPS) is 24.5. The zero-order valence-corrected chi connectivity index (χ0v) is 49.9. The van der Waals surface area contributed by atoms with E-state index in [4.69, 9.17) is 18.9 Å². The van der Waals surface area contributed by atoms with E-state index in [0.29, 0.717) is 6.42 Å². The SMILES string of the molecule is CCCCCCCCCC/C=C/[C@@H](O)[C@H](CO[C@@H]1O[C@H](CO)[C@@H](O[C@@H]2O[C@H](CO)[C@H](O)C(O)C2O)C(O)C1O)NC(=O)CCCCCCCCCCCCCCCCCCCCCCCCCCCCCCCCCCCC. The third kappa shape index (κ3) is 35.0. The number of unbranched alkanes of at least 4 members (excludes halogenated alkanes) is 41. The Morgan fingerprint density at radius 1 is 0.449 bits per heavy atom. The fraction of sp³-hybridized carbons (Fsp3) is 0.953. The molecule has 2 fully saturated rings. The molecule has 2 heterocycles. The summed E-state index contributed by atoms with van der Waals surface area (Å²) in [6.07, 6.45) is 43.1. The van der Waals surface area contributed by atoms with Crippen molar-refractivity contribution in [2.24, 2.45) is 0 Å². The molecular formula is C64H123NO13. The monoisotopic (exact) mass is 1110 g/mol. The lowest BCUT2D eigenvalue weighted by atomic mass is 9.97. The maximum Gasteiger partial charge on any atom is 0.220 e. The first-order valence-electron chi connectivity index (χ1n) is 32.9. The summed E-state index contributed by atoms with van der Waals surface area (Å²) < 4.78 is 22.7. The van der Waals surface area contributed by atoms with Crippen LogP contribution in [0.4, 0.5) is 0 Å². The van der Waals surface area contributed by atoms with Crippen LogP contribution in [-0.4, -0.2) is 140 Å². The van der Waals surface area contributed by atoms with Crippen molar-refractivity contribution in [1.29, 1.82) is 0 Å². The van der Waals surface area contributed by atoms with Crippen molar-refractivity contribution in [2.45, 2.75) is 370 Å². The van der Waals surface area contributed by atoms with Crippen LogP contribution in [0.5, 0.6) is 0 Å². The van der Waals surface area contributed by atoms with E-state index in [1.54, 1.807) is 6.08 Å². The van der Waals surface area contributed by atoms with E-state index in [-0.39, 0.29) is 18.9 Å². The minimum Gasteiger partial charge on any atom is -0.394 e. The predicted octanol–water partition coefficient (Wildman–Crippen LogP) is 12.2. The number of rotatable bonds is 54. The minimum absolute atomic E-state index is 0.235. The molecule has 0 spiro atoms. The molecular weight excluding hydrogens is 991 g/mol. The van der Waals surface area contributed by atoms with E-state index >= 15 is 0 Å². The van der Waals surface area contributed by atoms with Crippen LogP contribution in [0.2, 0.25) is 0 Å². The van der Waals surface area contributed by atoms with Crippen molar-refractivity contribution in [3.63, 3.8) is 0 Å². The topological polar surface area (TPSA) is 228 Å². The zero-order valence-electron chi connectivity index (χ0n) is 49.9. The van der Waals surface area contributed by atoms with Gasteiger partial charge in [-0.25, -0.2) is 0 Å². The molecule has 462 valence electrons. The highest BCUT2D eigenvalue weighted by Gasteiger charge is 2.51. The summed E-state index contributed by atoms with van der Waals surface area (Å²) in [7, 11) is 0. The largest absolute Gasteiger partial charge is 0.394 e. The summed E-state index contributed by atoms with van der Waals surface area (Å²) in [6.45, 7) is 2.80. The first kappa shape index (κ1) is 72.8. The number of hydrogen-bond donors (Lipinski definition) is 9. The number of amides is 1. The van der Waals surface area contributed by atoms with Gasteiger partial charge in [0.2, 0.25) is 5.91 Å². The van der Waals surface area contributed by atoms with E-state index in [9.17, 15) is 45.6 Å². The number of allylic oxidation sites excluding steroid dienone is 1. The Kier molecular flexibility index (Phi) is 46.9. The first-order chi connectivity index (χ1) is 38.1.